The minimum atomic E-state index is -0.759. The summed E-state index contributed by atoms with van der Waals surface area (Å²) in [6, 6.07) is 21.3. The number of H-pyrrole nitrogens is 1. The maximum Gasteiger partial charge on any atom is 0.305 e. The number of amides is 3. The Bertz CT molecular complexity index is 1700. The number of methoxy groups -OCH3 is 1. The molecule has 0 bridgehead atoms. The van der Waals surface area contributed by atoms with Crippen LogP contribution in [0.1, 0.15) is 21.9 Å². The number of thioether (sulfide) groups is 1. The zero-order valence-corrected chi connectivity index (χ0v) is 23.7. The number of carbonyl (C=O) groups excluding carboxylic acids is 3. The molecule has 208 valence electrons. The Morgan fingerprint density at radius 1 is 0.976 bits per heavy atom. The van der Waals surface area contributed by atoms with Crippen LogP contribution in [0.15, 0.2) is 82.6 Å². The monoisotopic (exact) mass is 587 g/mol. The highest BCUT2D eigenvalue weighted by Gasteiger charge is 2.56. The number of aromatic nitrogens is 1. The Morgan fingerprint density at radius 3 is 2.44 bits per heavy atom. The molecular formula is C30H25N3O6S2. The van der Waals surface area contributed by atoms with Crippen molar-refractivity contribution in [2.24, 2.45) is 5.92 Å². The second-order valence-electron chi connectivity index (χ2n) is 9.70. The highest BCUT2D eigenvalue weighted by atomic mass is 32.2. The van der Waals surface area contributed by atoms with Crippen molar-refractivity contribution in [1.29, 1.82) is 0 Å². The van der Waals surface area contributed by atoms with Crippen molar-refractivity contribution in [2.75, 3.05) is 23.9 Å². The molecule has 2 N–H and O–H groups in total. The standard InChI is InChI=1S/C30H25N3O6S2/c1-16-7-11-18(12-8-16)33-28(35)24-23(25-27(32-30(37)41-25)40-26(24)29(33)36)20-5-3-4-6-21(20)39-15-22(34)31-17-9-13-19(38-2)14-10-17/h3-14,23-24,26H,15H2,1-2H3,(H,31,34)(H,32,37). The predicted molar refractivity (Wildman–Crippen MR) is 157 cm³/mol. The van der Waals surface area contributed by atoms with Crippen LogP contribution in [0.25, 0.3) is 0 Å². The molecule has 11 heteroatoms. The second kappa shape index (κ2) is 10.9. The van der Waals surface area contributed by atoms with E-state index in [2.05, 4.69) is 10.3 Å². The number of rotatable bonds is 7. The SMILES string of the molecule is COc1ccc(NC(=O)COc2ccccc2C2c3sc(=O)[nH]c3SC3C(=O)N(c4ccc(C)cc4)C(=O)C32)cc1. The lowest BCUT2D eigenvalue weighted by atomic mass is 9.82. The molecule has 0 spiro atoms. The van der Waals surface area contributed by atoms with Crippen LogP contribution >= 0.6 is 23.1 Å². The number of fused-ring (bicyclic) bond motifs is 2. The van der Waals surface area contributed by atoms with Crippen LogP contribution in [0.2, 0.25) is 0 Å². The first kappa shape index (κ1) is 26.9. The van der Waals surface area contributed by atoms with Gasteiger partial charge in [0.1, 0.15) is 16.7 Å². The van der Waals surface area contributed by atoms with E-state index in [1.807, 2.05) is 31.2 Å². The third kappa shape index (κ3) is 5.02. The summed E-state index contributed by atoms with van der Waals surface area (Å²) < 4.78 is 11.1. The first-order chi connectivity index (χ1) is 19.8. The minimum Gasteiger partial charge on any atom is -0.497 e. The molecule has 3 heterocycles. The Balaban J connectivity index is 1.31. The molecule has 2 aliphatic heterocycles. The normalized spacial score (nSPS) is 19.5. The summed E-state index contributed by atoms with van der Waals surface area (Å²) in [7, 11) is 1.57. The number of para-hydroxylation sites is 1. The molecule has 6 rings (SSSR count). The van der Waals surface area contributed by atoms with Gasteiger partial charge in [-0.15, -0.1) is 0 Å². The fraction of sp³-hybridized carbons (Fsp3) is 0.200. The lowest BCUT2D eigenvalue weighted by Gasteiger charge is -2.30. The summed E-state index contributed by atoms with van der Waals surface area (Å²) in [6.07, 6.45) is 0. The fourth-order valence-corrected chi connectivity index (χ4v) is 7.69. The molecule has 9 nitrogen and oxygen atoms in total. The van der Waals surface area contributed by atoms with Crippen LogP contribution < -0.4 is 24.6 Å². The quantitative estimate of drug-likeness (QED) is 0.304. The van der Waals surface area contributed by atoms with Crippen molar-refractivity contribution in [3.8, 4) is 11.5 Å². The zero-order valence-electron chi connectivity index (χ0n) is 22.1. The van der Waals surface area contributed by atoms with Crippen molar-refractivity contribution in [3.63, 3.8) is 0 Å². The van der Waals surface area contributed by atoms with E-state index >= 15 is 0 Å². The Labute approximate surface area is 243 Å². The number of nitrogens with zero attached hydrogens (tertiary/aromatic N) is 1. The maximum atomic E-state index is 14.0. The van der Waals surface area contributed by atoms with Crippen LogP contribution in [-0.4, -0.2) is 41.7 Å². The molecule has 3 aromatic carbocycles. The lowest BCUT2D eigenvalue weighted by Crippen LogP contribution is -2.32. The molecule has 4 aromatic rings. The average molecular weight is 588 g/mol. The smallest absolute Gasteiger partial charge is 0.305 e. The van der Waals surface area contributed by atoms with Gasteiger partial charge in [0.25, 0.3) is 5.91 Å². The number of aryl methyl sites for hydroxylation is 1. The van der Waals surface area contributed by atoms with Crippen LogP contribution in [0.4, 0.5) is 11.4 Å². The summed E-state index contributed by atoms with van der Waals surface area (Å²) in [5.41, 5.74) is 2.74. The fourth-order valence-electron chi connectivity index (χ4n) is 5.18. The predicted octanol–water partition coefficient (Wildman–Crippen LogP) is 4.57. The van der Waals surface area contributed by atoms with E-state index in [1.54, 1.807) is 55.6 Å². The summed E-state index contributed by atoms with van der Waals surface area (Å²) in [4.78, 5) is 57.2. The van der Waals surface area contributed by atoms with Crippen molar-refractivity contribution in [2.45, 2.75) is 23.1 Å². The zero-order chi connectivity index (χ0) is 28.7. The first-order valence-electron chi connectivity index (χ1n) is 12.8. The van der Waals surface area contributed by atoms with Gasteiger partial charge in [-0.25, -0.2) is 4.90 Å². The summed E-state index contributed by atoms with van der Waals surface area (Å²) in [6.45, 7) is 1.66. The Kier molecular flexibility index (Phi) is 7.14. The van der Waals surface area contributed by atoms with E-state index < -0.39 is 17.1 Å². The number of hydrogen-bond acceptors (Lipinski definition) is 8. The molecule has 3 unspecified atom stereocenters. The number of hydrogen-bond donors (Lipinski definition) is 2. The van der Waals surface area contributed by atoms with Gasteiger partial charge in [0.2, 0.25) is 11.8 Å². The molecule has 3 amide bonds. The van der Waals surface area contributed by atoms with Crippen molar-refractivity contribution >= 4 is 52.2 Å². The topological polar surface area (TPSA) is 118 Å². The number of ether oxygens (including phenoxy) is 2. The summed E-state index contributed by atoms with van der Waals surface area (Å²) in [5.74, 6) is -1.34. The third-order valence-corrected chi connectivity index (χ3v) is 9.50. The van der Waals surface area contributed by atoms with Crippen molar-refractivity contribution < 1.29 is 23.9 Å². The minimum absolute atomic E-state index is 0.264. The van der Waals surface area contributed by atoms with Crippen LogP contribution in [0, 0.1) is 12.8 Å². The van der Waals surface area contributed by atoms with E-state index in [4.69, 9.17) is 9.47 Å². The molecule has 1 fully saturated rings. The number of imide groups is 1. The van der Waals surface area contributed by atoms with Gasteiger partial charge in [0.05, 0.1) is 23.7 Å². The van der Waals surface area contributed by atoms with Gasteiger partial charge in [-0.05, 0) is 49.4 Å². The van der Waals surface area contributed by atoms with Crippen LogP contribution in [0.3, 0.4) is 0 Å². The Hall–Kier alpha value is -4.35. The van der Waals surface area contributed by atoms with Gasteiger partial charge in [-0.2, -0.15) is 0 Å². The number of anilines is 2. The molecule has 2 aliphatic rings. The molecular weight excluding hydrogens is 562 g/mol. The van der Waals surface area contributed by atoms with Crippen molar-refractivity contribution in [1.82, 2.24) is 4.98 Å². The third-order valence-electron chi connectivity index (χ3n) is 7.10. The molecule has 1 aromatic heterocycles. The van der Waals surface area contributed by atoms with Gasteiger partial charge in [-0.3, -0.25) is 19.2 Å². The van der Waals surface area contributed by atoms with Crippen LogP contribution in [-0.2, 0) is 14.4 Å². The van der Waals surface area contributed by atoms with E-state index in [1.165, 1.54) is 16.7 Å². The molecule has 1 saturated heterocycles. The number of nitrogens with one attached hydrogen (secondary N) is 2. The number of thiazole rings is 1. The molecule has 41 heavy (non-hydrogen) atoms. The highest BCUT2D eigenvalue weighted by molar-refractivity contribution is 8.00. The Morgan fingerprint density at radius 2 is 1.71 bits per heavy atom. The number of carbonyl (C=O) groups is 3. The van der Waals surface area contributed by atoms with Gasteiger partial charge in [-0.1, -0.05) is 59.0 Å². The van der Waals surface area contributed by atoms with E-state index in [0.717, 1.165) is 16.9 Å². The van der Waals surface area contributed by atoms with E-state index in [9.17, 15) is 19.2 Å². The number of aromatic amines is 1. The maximum absolute atomic E-state index is 14.0. The summed E-state index contributed by atoms with van der Waals surface area (Å²) in [5, 5.41) is 2.64. The first-order valence-corrected chi connectivity index (χ1v) is 14.5. The highest BCUT2D eigenvalue weighted by Crippen LogP contribution is 2.54. The van der Waals surface area contributed by atoms with E-state index in [-0.39, 0.29) is 29.2 Å². The molecule has 0 saturated carbocycles. The summed E-state index contributed by atoms with van der Waals surface area (Å²) >= 11 is 2.24. The molecule has 0 radical (unpaired) electrons. The van der Waals surface area contributed by atoms with Gasteiger partial charge in [0, 0.05) is 22.0 Å². The second-order valence-corrected chi connectivity index (χ2v) is 11.9. The number of benzene rings is 3. The van der Waals surface area contributed by atoms with Gasteiger partial charge < -0.3 is 19.8 Å². The van der Waals surface area contributed by atoms with Crippen molar-refractivity contribution in [3.05, 3.63) is 98.5 Å². The molecule has 0 aliphatic carbocycles. The lowest BCUT2D eigenvalue weighted by molar-refractivity contribution is -0.122. The molecule has 3 atom stereocenters. The largest absolute Gasteiger partial charge is 0.497 e. The van der Waals surface area contributed by atoms with Crippen LogP contribution in [0.5, 0.6) is 11.5 Å². The average Bonchev–Trinajstić information content (AvgIpc) is 3.47. The van der Waals surface area contributed by atoms with Gasteiger partial charge >= 0.3 is 4.87 Å². The van der Waals surface area contributed by atoms with Gasteiger partial charge in [0.15, 0.2) is 6.61 Å². The van der Waals surface area contributed by atoms with E-state index in [0.29, 0.717) is 38.3 Å².